The van der Waals surface area contributed by atoms with Crippen LogP contribution in [0.15, 0.2) is 45.1 Å². The normalized spacial score (nSPS) is 17.6. The fourth-order valence-corrected chi connectivity index (χ4v) is 9.47. The summed E-state index contributed by atoms with van der Waals surface area (Å²) in [5, 5.41) is 48.3. The molecule has 16 heteroatoms. The number of carbonyl (C=O) groups excluding carboxylic acids is 3. The molecule has 0 spiro atoms. The number of hydrogen-bond donors (Lipinski definition) is 5. The number of phenols is 2. The van der Waals surface area contributed by atoms with Crippen LogP contribution in [-0.2, 0) is 19.1 Å². The topological polar surface area (TPSA) is 221 Å². The number of nitrogens with one attached hydrogen (secondary N) is 1. The van der Waals surface area contributed by atoms with E-state index in [4.69, 9.17) is 23.6 Å². The Morgan fingerprint density at radius 3 is 2.19 bits per heavy atom. The van der Waals surface area contributed by atoms with Crippen LogP contribution in [0.2, 0.25) is 0 Å². The summed E-state index contributed by atoms with van der Waals surface area (Å²) < 4.78 is 23.4. The third kappa shape index (κ3) is 10.9. The van der Waals surface area contributed by atoms with E-state index < -0.39 is 64.9 Å². The zero-order valence-electron chi connectivity index (χ0n) is 41.1. The Hall–Kier alpha value is -5.55. The Labute approximate surface area is 392 Å². The summed E-state index contributed by atoms with van der Waals surface area (Å²) in [5.41, 5.74) is -0.119. The Balaban J connectivity index is 1.52. The second-order valence-corrected chi connectivity index (χ2v) is 18.0. The number of nitrogens with zero attached hydrogens (tertiary/aromatic N) is 3. The lowest BCUT2D eigenvalue weighted by Gasteiger charge is -2.38. The highest BCUT2D eigenvalue weighted by atomic mass is 16.5. The highest BCUT2D eigenvalue weighted by Crippen LogP contribution is 2.47. The number of aromatic hydroxyl groups is 2. The SMILES string of the molecule is CCCN1CCN(c2cc(O)c3nc4c5c(C(=O)CC)c(OC)c(C)c(O)c5c(=O)c(NC(=O)/C(C)=C\C=C\C(C)C(O)C(C)C(O)C(C)C(OC(C)=O)C(C)C(CC)OC)c-4oc3c2)CC1. The van der Waals surface area contributed by atoms with Crippen molar-refractivity contribution in [3.8, 4) is 28.7 Å². The molecule has 8 atom stereocenters. The summed E-state index contributed by atoms with van der Waals surface area (Å²) in [6, 6.07) is 3.31. The predicted octanol–water partition coefficient (Wildman–Crippen LogP) is 7.36. The van der Waals surface area contributed by atoms with Crippen molar-refractivity contribution in [2.75, 3.05) is 57.2 Å². The van der Waals surface area contributed by atoms with Gasteiger partial charge in [-0.2, -0.15) is 0 Å². The molecule has 366 valence electrons. The van der Waals surface area contributed by atoms with Crippen LogP contribution in [0.3, 0.4) is 0 Å². The summed E-state index contributed by atoms with van der Waals surface area (Å²) in [6.07, 6.45) is 3.54. The zero-order chi connectivity index (χ0) is 49.6. The second-order valence-electron chi connectivity index (χ2n) is 18.0. The van der Waals surface area contributed by atoms with E-state index in [-0.39, 0.29) is 85.7 Å². The average Bonchev–Trinajstić information content (AvgIpc) is 3.31. The maximum Gasteiger partial charge on any atom is 0.302 e. The fourth-order valence-electron chi connectivity index (χ4n) is 9.47. The van der Waals surface area contributed by atoms with Crippen molar-refractivity contribution in [2.24, 2.45) is 23.7 Å². The summed E-state index contributed by atoms with van der Waals surface area (Å²) >= 11 is 0. The van der Waals surface area contributed by atoms with Gasteiger partial charge >= 0.3 is 5.97 Å². The molecule has 2 aliphatic heterocycles. The minimum atomic E-state index is -1.05. The molecule has 5 rings (SSSR count). The number of amides is 1. The third-order valence-electron chi connectivity index (χ3n) is 13.5. The number of ketones is 1. The molecule has 2 aromatic carbocycles. The van der Waals surface area contributed by atoms with Gasteiger partial charge in [0.1, 0.15) is 40.3 Å². The first-order chi connectivity index (χ1) is 31.8. The van der Waals surface area contributed by atoms with Gasteiger partial charge in [-0.1, -0.05) is 66.7 Å². The summed E-state index contributed by atoms with van der Waals surface area (Å²) in [6.45, 7) is 21.3. The van der Waals surface area contributed by atoms with Crippen LogP contribution >= 0.6 is 0 Å². The number of methoxy groups -OCH3 is 2. The maximum absolute atomic E-state index is 14.7. The lowest BCUT2D eigenvalue weighted by Crippen LogP contribution is -2.46. The quantitative estimate of drug-likeness (QED) is 0.0146. The largest absolute Gasteiger partial charge is 0.507 e. The van der Waals surface area contributed by atoms with Crippen molar-refractivity contribution < 1.29 is 53.4 Å². The molecule has 1 amide bonds. The molecular weight excluding hydrogens is 861 g/mol. The van der Waals surface area contributed by atoms with Crippen LogP contribution < -0.4 is 20.4 Å². The molecule has 0 bridgehead atoms. The van der Waals surface area contributed by atoms with Gasteiger partial charge in [0.15, 0.2) is 17.1 Å². The van der Waals surface area contributed by atoms with Gasteiger partial charge in [-0.15, -0.1) is 0 Å². The summed E-state index contributed by atoms with van der Waals surface area (Å²) in [7, 11) is 2.94. The summed E-state index contributed by atoms with van der Waals surface area (Å²) in [5.74, 6) is -4.33. The number of anilines is 2. The molecule has 0 aromatic heterocycles. The molecule has 8 unspecified atom stereocenters. The molecule has 3 aliphatic rings. The number of benzene rings is 3. The lowest BCUT2D eigenvalue weighted by molar-refractivity contribution is -0.162. The van der Waals surface area contributed by atoms with Crippen molar-refractivity contribution in [3.05, 3.63) is 57.3 Å². The number of fused-ring (bicyclic) bond motifs is 4. The van der Waals surface area contributed by atoms with Crippen LogP contribution in [0.4, 0.5) is 11.4 Å². The number of Topliss-reactive ketones (excluding diaryl/α,β-unsaturated/α-hetero) is 1. The predicted molar refractivity (Wildman–Crippen MR) is 259 cm³/mol. The number of aliphatic hydroxyl groups excluding tert-OH is 2. The lowest BCUT2D eigenvalue weighted by atomic mass is 9.78. The van der Waals surface area contributed by atoms with Gasteiger partial charge < -0.3 is 49.3 Å². The van der Waals surface area contributed by atoms with Gasteiger partial charge in [0.25, 0.3) is 5.91 Å². The number of aromatic nitrogens is 1. The van der Waals surface area contributed by atoms with Crippen molar-refractivity contribution >= 4 is 50.9 Å². The first kappa shape index (κ1) is 52.4. The molecule has 16 nitrogen and oxygen atoms in total. The van der Waals surface area contributed by atoms with E-state index in [1.54, 1.807) is 59.1 Å². The molecule has 0 saturated carbocycles. The van der Waals surface area contributed by atoms with Gasteiger partial charge in [-0.25, -0.2) is 4.98 Å². The van der Waals surface area contributed by atoms with Crippen molar-refractivity contribution in [2.45, 2.75) is 113 Å². The van der Waals surface area contributed by atoms with Gasteiger partial charge in [0, 0.05) is 105 Å². The number of ether oxygens (including phenoxy) is 3. The van der Waals surface area contributed by atoms with E-state index in [1.165, 1.54) is 34.0 Å². The number of piperazine rings is 1. The molecule has 0 radical (unpaired) electrons. The van der Waals surface area contributed by atoms with E-state index in [0.717, 1.165) is 26.1 Å². The van der Waals surface area contributed by atoms with Crippen molar-refractivity contribution in [1.29, 1.82) is 0 Å². The van der Waals surface area contributed by atoms with Gasteiger partial charge in [0.2, 0.25) is 5.43 Å². The molecule has 1 fully saturated rings. The Bertz CT molecular complexity index is 2520. The molecule has 1 saturated heterocycles. The van der Waals surface area contributed by atoms with Crippen molar-refractivity contribution in [3.63, 3.8) is 0 Å². The Morgan fingerprint density at radius 1 is 0.940 bits per heavy atom. The molecule has 67 heavy (non-hydrogen) atoms. The number of aliphatic hydroxyl groups is 2. The van der Waals surface area contributed by atoms with E-state index in [9.17, 15) is 39.6 Å². The average molecular weight is 931 g/mol. The second kappa shape index (κ2) is 22.5. The van der Waals surface area contributed by atoms with Crippen molar-refractivity contribution in [1.82, 2.24) is 9.88 Å². The van der Waals surface area contributed by atoms with Crippen LogP contribution in [0.25, 0.3) is 33.3 Å². The number of hydrogen-bond acceptors (Lipinski definition) is 15. The number of carbonyl (C=O) groups is 3. The summed E-state index contributed by atoms with van der Waals surface area (Å²) in [4.78, 5) is 63.8. The first-order valence-electron chi connectivity index (χ1n) is 23.4. The van der Waals surface area contributed by atoms with E-state index >= 15 is 0 Å². The van der Waals surface area contributed by atoms with Crippen LogP contribution in [0, 0.1) is 30.6 Å². The first-order valence-corrected chi connectivity index (χ1v) is 23.4. The molecule has 2 heterocycles. The van der Waals surface area contributed by atoms with Gasteiger partial charge in [-0.05, 0) is 33.2 Å². The van der Waals surface area contributed by atoms with Crippen LogP contribution in [0.1, 0.15) is 97.5 Å². The molecular formula is C51H70N4O12. The number of esters is 1. The minimum absolute atomic E-state index is 0.00203. The van der Waals surface area contributed by atoms with Crippen LogP contribution in [-0.4, -0.2) is 119 Å². The van der Waals surface area contributed by atoms with E-state index in [1.807, 2.05) is 13.8 Å². The van der Waals surface area contributed by atoms with E-state index in [0.29, 0.717) is 25.2 Å². The molecule has 5 N–H and O–H groups in total. The van der Waals surface area contributed by atoms with Crippen LogP contribution in [0.5, 0.6) is 17.2 Å². The standard InChI is InChI=1S/C51H70N4O12/c1-13-19-54-20-22-55(23-21-54)33-24-35(58)41-37(25-33)67-50-42(52-41)39-38(34(57)14-2)49(65-12)31(9)46(61)40(39)47(62)43(50)53-51(63)27(5)18-16-17-26(4)44(59)29(7)45(60)30(8)48(66-32(10)56)28(6)36(15-3)64-11/h16-18,24-26,28-30,36,44-45,48,58-61H,13-15,19-23H2,1-12H3,(H,53,63)/b17-16+,27-18-. The van der Waals surface area contributed by atoms with Gasteiger partial charge in [0.05, 0.1) is 36.4 Å². The number of rotatable bonds is 20. The Morgan fingerprint density at radius 2 is 1.61 bits per heavy atom. The third-order valence-corrected chi connectivity index (χ3v) is 13.5. The fraction of sp³-hybridized carbons (Fsp3) is 0.549. The van der Waals surface area contributed by atoms with Gasteiger partial charge in [-0.3, -0.25) is 24.1 Å². The smallest absolute Gasteiger partial charge is 0.302 e. The Kier molecular flexibility index (Phi) is 17.6. The highest BCUT2D eigenvalue weighted by molar-refractivity contribution is 6.19. The zero-order valence-corrected chi connectivity index (χ0v) is 41.1. The molecule has 2 aromatic rings. The number of allylic oxidation sites excluding steroid dienone is 2. The number of phenolic OH excluding ortho intramolecular Hbond substituents is 2. The maximum atomic E-state index is 14.7. The highest BCUT2D eigenvalue weighted by Gasteiger charge is 2.39. The monoisotopic (exact) mass is 930 g/mol. The molecule has 1 aliphatic carbocycles. The minimum Gasteiger partial charge on any atom is -0.507 e. The van der Waals surface area contributed by atoms with E-state index in [2.05, 4.69) is 22.0 Å².